The van der Waals surface area contributed by atoms with Crippen LogP contribution < -0.4 is 5.32 Å². The van der Waals surface area contributed by atoms with Gasteiger partial charge in [-0.25, -0.2) is 4.79 Å². The maximum absolute atomic E-state index is 11.8. The molecular weight excluding hydrogens is 282 g/mol. The van der Waals surface area contributed by atoms with E-state index in [2.05, 4.69) is 5.32 Å². The van der Waals surface area contributed by atoms with Gasteiger partial charge in [-0.2, -0.15) is 0 Å². The summed E-state index contributed by atoms with van der Waals surface area (Å²) in [5.41, 5.74) is 1.57. The lowest BCUT2D eigenvalue weighted by Crippen LogP contribution is -2.22. The number of phenols is 1. The van der Waals surface area contributed by atoms with E-state index in [1.165, 1.54) is 12.1 Å². The molecule has 0 heterocycles. The first-order valence-corrected chi connectivity index (χ1v) is 6.92. The average molecular weight is 299 g/mol. The van der Waals surface area contributed by atoms with Gasteiger partial charge in [0, 0.05) is 13.0 Å². The van der Waals surface area contributed by atoms with Gasteiger partial charge in [0.15, 0.2) is 0 Å². The van der Waals surface area contributed by atoms with Crippen molar-refractivity contribution in [3.63, 3.8) is 0 Å². The van der Waals surface area contributed by atoms with Crippen molar-refractivity contribution >= 4 is 11.9 Å². The third kappa shape index (κ3) is 4.34. The number of hydrogen-bond acceptors (Lipinski definition) is 3. The molecule has 0 aliphatic rings. The van der Waals surface area contributed by atoms with Gasteiger partial charge in [0.25, 0.3) is 0 Å². The highest BCUT2D eigenvalue weighted by molar-refractivity contribution is 5.91. The third-order valence-corrected chi connectivity index (χ3v) is 3.26. The second-order valence-electron chi connectivity index (χ2n) is 4.92. The second kappa shape index (κ2) is 7.26. The molecule has 0 saturated heterocycles. The Hall–Kier alpha value is -2.82. The SMILES string of the molecule is O=C(CCc1ccc(O)c(C(=O)O)c1)NCc1ccccc1. The van der Waals surface area contributed by atoms with Crippen molar-refractivity contribution in [1.82, 2.24) is 5.32 Å². The average Bonchev–Trinajstić information content (AvgIpc) is 2.53. The summed E-state index contributed by atoms with van der Waals surface area (Å²) in [4.78, 5) is 22.7. The number of benzene rings is 2. The number of carboxylic acids is 1. The number of nitrogens with one attached hydrogen (secondary N) is 1. The molecule has 0 unspecified atom stereocenters. The molecule has 2 aromatic carbocycles. The summed E-state index contributed by atoms with van der Waals surface area (Å²) in [6, 6.07) is 13.9. The molecule has 22 heavy (non-hydrogen) atoms. The largest absolute Gasteiger partial charge is 0.507 e. The normalized spacial score (nSPS) is 10.2. The van der Waals surface area contributed by atoms with Crippen LogP contribution in [0.25, 0.3) is 0 Å². The fraction of sp³-hybridized carbons (Fsp3) is 0.176. The van der Waals surface area contributed by atoms with E-state index in [1.54, 1.807) is 6.07 Å². The molecule has 0 aromatic heterocycles. The Bertz CT molecular complexity index is 668. The van der Waals surface area contributed by atoms with Crippen LogP contribution in [-0.2, 0) is 17.8 Å². The first-order valence-electron chi connectivity index (χ1n) is 6.92. The van der Waals surface area contributed by atoms with Crippen LogP contribution in [0.4, 0.5) is 0 Å². The van der Waals surface area contributed by atoms with Crippen molar-refractivity contribution in [2.24, 2.45) is 0 Å². The number of rotatable bonds is 6. The quantitative estimate of drug-likeness (QED) is 0.764. The molecule has 5 heteroatoms. The molecule has 0 aliphatic heterocycles. The topological polar surface area (TPSA) is 86.6 Å². The van der Waals surface area contributed by atoms with E-state index in [-0.39, 0.29) is 23.6 Å². The van der Waals surface area contributed by atoms with Gasteiger partial charge >= 0.3 is 5.97 Å². The lowest BCUT2D eigenvalue weighted by molar-refractivity contribution is -0.121. The number of carboxylic acid groups (broad SMARTS) is 1. The minimum atomic E-state index is -1.19. The smallest absolute Gasteiger partial charge is 0.339 e. The lowest BCUT2D eigenvalue weighted by atomic mass is 10.1. The predicted molar refractivity (Wildman–Crippen MR) is 81.7 cm³/mol. The van der Waals surface area contributed by atoms with Crippen molar-refractivity contribution in [2.45, 2.75) is 19.4 Å². The number of carbonyl (C=O) groups is 2. The lowest BCUT2D eigenvalue weighted by Gasteiger charge is -2.07. The van der Waals surface area contributed by atoms with Crippen molar-refractivity contribution in [1.29, 1.82) is 0 Å². The number of hydrogen-bond donors (Lipinski definition) is 3. The molecule has 0 fully saturated rings. The monoisotopic (exact) mass is 299 g/mol. The first-order chi connectivity index (χ1) is 10.6. The molecule has 0 saturated carbocycles. The Labute approximate surface area is 128 Å². The molecule has 0 spiro atoms. The maximum Gasteiger partial charge on any atom is 0.339 e. The molecule has 2 rings (SSSR count). The van der Waals surface area contributed by atoms with Gasteiger partial charge in [0.05, 0.1) is 0 Å². The number of carbonyl (C=O) groups excluding carboxylic acids is 1. The molecular formula is C17H17NO4. The Morgan fingerprint density at radius 3 is 2.41 bits per heavy atom. The van der Waals surface area contributed by atoms with E-state index in [1.807, 2.05) is 30.3 Å². The molecule has 5 nitrogen and oxygen atoms in total. The zero-order valence-electron chi connectivity index (χ0n) is 12.0. The minimum absolute atomic E-state index is 0.103. The Morgan fingerprint density at radius 1 is 1.00 bits per heavy atom. The van der Waals surface area contributed by atoms with Crippen molar-refractivity contribution in [2.75, 3.05) is 0 Å². The van der Waals surface area contributed by atoms with Crippen LogP contribution in [0.3, 0.4) is 0 Å². The number of aromatic hydroxyl groups is 1. The van der Waals surface area contributed by atoms with E-state index in [0.29, 0.717) is 18.5 Å². The summed E-state index contributed by atoms with van der Waals surface area (Å²) in [5, 5.41) is 21.2. The zero-order valence-corrected chi connectivity index (χ0v) is 12.0. The molecule has 0 radical (unpaired) electrons. The fourth-order valence-electron chi connectivity index (χ4n) is 2.05. The summed E-state index contributed by atoms with van der Waals surface area (Å²) in [5.74, 6) is -1.56. The van der Waals surface area contributed by atoms with Crippen LogP contribution in [0, 0.1) is 0 Å². The molecule has 2 aromatic rings. The summed E-state index contributed by atoms with van der Waals surface area (Å²) < 4.78 is 0. The number of aromatic carboxylic acids is 1. The van der Waals surface area contributed by atoms with E-state index in [0.717, 1.165) is 5.56 Å². The Balaban J connectivity index is 1.86. The van der Waals surface area contributed by atoms with Crippen LogP contribution in [0.2, 0.25) is 0 Å². The highest BCUT2D eigenvalue weighted by Crippen LogP contribution is 2.19. The molecule has 0 atom stereocenters. The molecule has 0 aliphatic carbocycles. The molecule has 3 N–H and O–H groups in total. The van der Waals surface area contributed by atoms with Crippen LogP contribution in [-0.4, -0.2) is 22.1 Å². The summed E-state index contributed by atoms with van der Waals surface area (Å²) in [6.07, 6.45) is 0.678. The van der Waals surface area contributed by atoms with Crippen LogP contribution in [0.1, 0.15) is 27.9 Å². The van der Waals surface area contributed by atoms with Crippen LogP contribution in [0.15, 0.2) is 48.5 Å². The van der Waals surface area contributed by atoms with E-state index >= 15 is 0 Å². The van der Waals surface area contributed by atoms with E-state index < -0.39 is 5.97 Å². The fourth-order valence-corrected chi connectivity index (χ4v) is 2.05. The van der Waals surface area contributed by atoms with Gasteiger partial charge in [0.2, 0.25) is 5.91 Å². The van der Waals surface area contributed by atoms with Gasteiger partial charge in [-0.15, -0.1) is 0 Å². The highest BCUT2D eigenvalue weighted by Gasteiger charge is 2.11. The van der Waals surface area contributed by atoms with Crippen molar-refractivity contribution in [3.8, 4) is 5.75 Å². The van der Waals surface area contributed by atoms with Gasteiger partial charge in [0.1, 0.15) is 11.3 Å². The second-order valence-corrected chi connectivity index (χ2v) is 4.92. The van der Waals surface area contributed by atoms with E-state index in [9.17, 15) is 14.7 Å². The van der Waals surface area contributed by atoms with Gasteiger partial charge in [-0.3, -0.25) is 4.79 Å². The molecule has 1 amide bonds. The Morgan fingerprint density at radius 2 is 1.73 bits per heavy atom. The standard InChI is InChI=1S/C17H17NO4/c19-15-8-6-12(10-14(15)17(21)22)7-9-16(20)18-11-13-4-2-1-3-5-13/h1-6,8,10,19H,7,9,11H2,(H,18,20)(H,21,22). The van der Waals surface area contributed by atoms with Crippen LogP contribution in [0.5, 0.6) is 5.75 Å². The van der Waals surface area contributed by atoms with Gasteiger partial charge in [-0.05, 0) is 29.7 Å². The number of amides is 1. The minimum Gasteiger partial charge on any atom is -0.507 e. The van der Waals surface area contributed by atoms with Crippen LogP contribution >= 0.6 is 0 Å². The van der Waals surface area contributed by atoms with Gasteiger partial charge < -0.3 is 15.5 Å². The molecule has 114 valence electrons. The maximum atomic E-state index is 11.8. The summed E-state index contributed by atoms with van der Waals surface area (Å²) in [6.45, 7) is 0.468. The highest BCUT2D eigenvalue weighted by atomic mass is 16.4. The Kier molecular flexibility index (Phi) is 5.14. The third-order valence-electron chi connectivity index (χ3n) is 3.26. The summed E-state index contributed by atoms with van der Waals surface area (Å²) >= 11 is 0. The van der Waals surface area contributed by atoms with Gasteiger partial charge in [-0.1, -0.05) is 36.4 Å². The summed E-state index contributed by atoms with van der Waals surface area (Å²) in [7, 11) is 0. The van der Waals surface area contributed by atoms with Crippen molar-refractivity contribution < 1.29 is 19.8 Å². The predicted octanol–water partition coefficient (Wildman–Crippen LogP) is 2.34. The molecule has 0 bridgehead atoms. The first kappa shape index (κ1) is 15.6. The zero-order chi connectivity index (χ0) is 15.9. The van der Waals surface area contributed by atoms with E-state index in [4.69, 9.17) is 5.11 Å². The van der Waals surface area contributed by atoms with Crippen molar-refractivity contribution in [3.05, 3.63) is 65.2 Å². The number of aryl methyl sites for hydroxylation is 1.